The van der Waals surface area contributed by atoms with Gasteiger partial charge in [-0.25, -0.2) is 4.79 Å². The van der Waals surface area contributed by atoms with Gasteiger partial charge in [-0.15, -0.1) is 5.10 Å². The number of benzene rings is 1. The molecule has 0 saturated carbocycles. The zero-order valence-electron chi connectivity index (χ0n) is 11.3. The molecule has 0 atom stereocenters. The molecule has 20 heavy (non-hydrogen) atoms. The molecule has 0 aliphatic carbocycles. The summed E-state index contributed by atoms with van der Waals surface area (Å²) >= 11 is 7.01. The van der Waals surface area contributed by atoms with E-state index in [2.05, 4.69) is 10.2 Å². The number of aryl methyl sites for hydroxylation is 2. The van der Waals surface area contributed by atoms with Crippen LogP contribution in [0.3, 0.4) is 0 Å². The number of carbonyl (C=O) groups is 1. The third-order valence-corrected chi connectivity index (χ3v) is 3.47. The number of aromatic nitrogens is 2. The Bertz CT molecular complexity index is 619. The number of hydrogen-bond donors (Lipinski definition) is 0. The van der Waals surface area contributed by atoms with Gasteiger partial charge in [-0.05, 0) is 55.4 Å². The van der Waals surface area contributed by atoms with Gasteiger partial charge in [0.1, 0.15) is 5.75 Å². The topological polar surface area (TPSA) is 61.3 Å². The van der Waals surface area contributed by atoms with E-state index in [0.717, 1.165) is 22.5 Å². The number of ether oxygens (including phenoxy) is 2. The van der Waals surface area contributed by atoms with E-state index in [1.54, 1.807) is 19.1 Å². The average Bonchev–Trinajstić information content (AvgIpc) is 2.82. The molecule has 0 amide bonds. The van der Waals surface area contributed by atoms with Crippen LogP contribution in [-0.4, -0.2) is 22.8 Å². The molecule has 0 spiro atoms. The van der Waals surface area contributed by atoms with Crippen LogP contribution in [-0.2, 0) is 4.74 Å². The molecule has 106 valence electrons. The van der Waals surface area contributed by atoms with Crippen LogP contribution in [0.1, 0.15) is 27.9 Å². The van der Waals surface area contributed by atoms with Crippen molar-refractivity contribution in [2.24, 2.45) is 0 Å². The van der Waals surface area contributed by atoms with Gasteiger partial charge in [0.15, 0.2) is 0 Å². The maximum Gasteiger partial charge on any atom is 0.369 e. The van der Waals surface area contributed by atoms with Crippen LogP contribution in [0.25, 0.3) is 0 Å². The summed E-state index contributed by atoms with van der Waals surface area (Å²) in [5.74, 6) is 0.172. The largest absolute Gasteiger partial charge is 0.461 e. The van der Waals surface area contributed by atoms with Gasteiger partial charge in [0.2, 0.25) is 5.01 Å². The lowest BCUT2D eigenvalue weighted by Crippen LogP contribution is -2.03. The zero-order chi connectivity index (χ0) is 14.7. The van der Waals surface area contributed by atoms with E-state index in [9.17, 15) is 4.79 Å². The Morgan fingerprint density at radius 2 is 1.95 bits per heavy atom. The van der Waals surface area contributed by atoms with E-state index >= 15 is 0 Å². The van der Waals surface area contributed by atoms with Crippen molar-refractivity contribution in [3.8, 4) is 10.9 Å². The molecule has 1 aromatic heterocycles. The fourth-order valence-electron chi connectivity index (χ4n) is 1.67. The van der Waals surface area contributed by atoms with Crippen molar-refractivity contribution in [2.45, 2.75) is 20.8 Å². The molecule has 0 unspecified atom stereocenters. The highest BCUT2D eigenvalue weighted by molar-refractivity contribution is 7.14. The Morgan fingerprint density at radius 1 is 1.30 bits per heavy atom. The second-order valence-electron chi connectivity index (χ2n) is 4.06. The molecule has 2 rings (SSSR count). The van der Waals surface area contributed by atoms with Gasteiger partial charge in [-0.2, -0.15) is 0 Å². The first-order valence-electron chi connectivity index (χ1n) is 5.96. The van der Waals surface area contributed by atoms with Gasteiger partial charge in [-0.3, -0.25) is 0 Å². The molecule has 0 radical (unpaired) electrons. The standard InChI is InChI=1S/C13H13ClN2O3S/c1-4-18-12(17)11-15-16-13(20-11)19-10-7(2)5-9(14)6-8(10)3/h5-6H,4H2,1-3H3. The maximum atomic E-state index is 11.5. The number of hydrogen-bond acceptors (Lipinski definition) is 6. The van der Waals surface area contributed by atoms with Crippen molar-refractivity contribution in [1.82, 2.24) is 10.2 Å². The van der Waals surface area contributed by atoms with E-state index in [4.69, 9.17) is 21.1 Å². The number of halogens is 1. The van der Waals surface area contributed by atoms with Crippen LogP contribution in [0.4, 0.5) is 0 Å². The summed E-state index contributed by atoms with van der Waals surface area (Å²) in [5.41, 5.74) is 1.78. The van der Waals surface area contributed by atoms with Gasteiger partial charge in [0, 0.05) is 5.02 Å². The first-order chi connectivity index (χ1) is 9.51. The molecule has 0 aliphatic rings. The summed E-state index contributed by atoms with van der Waals surface area (Å²) in [6.07, 6.45) is 0. The zero-order valence-corrected chi connectivity index (χ0v) is 12.8. The second kappa shape index (κ2) is 6.19. The monoisotopic (exact) mass is 312 g/mol. The third kappa shape index (κ3) is 3.26. The Labute approximate surface area is 125 Å². The predicted molar refractivity (Wildman–Crippen MR) is 76.9 cm³/mol. The molecule has 0 aliphatic heterocycles. The van der Waals surface area contributed by atoms with Crippen molar-refractivity contribution in [1.29, 1.82) is 0 Å². The summed E-state index contributed by atoms with van der Waals surface area (Å²) < 4.78 is 10.5. The number of rotatable bonds is 4. The highest BCUT2D eigenvalue weighted by Crippen LogP contribution is 2.32. The molecule has 0 bridgehead atoms. The number of esters is 1. The van der Waals surface area contributed by atoms with E-state index in [-0.39, 0.29) is 5.01 Å². The highest BCUT2D eigenvalue weighted by Gasteiger charge is 2.16. The minimum absolute atomic E-state index is 0.172. The maximum absolute atomic E-state index is 11.5. The summed E-state index contributed by atoms with van der Waals surface area (Å²) in [4.78, 5) is 11.5. The quantitative estimate of drug-likeness (QED) is 0.804. The van der Waals surface area contributed by atoms with Gasteiger partial charge in [0.05, 0.1) is 6.61 Å². The van der Waals surface area contributed by atoms with Gasteiger partial charge >= 0.3 is 5.97 Å². The molecule has 2 aromatic rings. The number of carbonyl (C=O) groups excluding carboxylic acids is 1. The van der Waals surface area contributed by atoms with E-state index in [0.29, 0.717) is 22.6 Å². The highest BCUT2D eigenvalue weighted by atomic mass is 35.5. The van der Waals surface area contributed by atoms with Gasteiger partial charge in [0.25, 0.3) is 5.19 Å². The van der Waals surface area contributed by atoms with Crippen LogP contribution in [0.2, 0.25) is 5.02 Å². The lowest BCUT2D eigenvalue weighted by atomic mass is 10.1. The summed E-state index contributed by atoms with van der Waals surface area (Å²) in [6, 6.07) is 3.61. The molecule has 7 heteroatoms. The van der Waals surface area contributed by atoms with E-state index < -0.39 is 5.97 Å². The number of nitrogens with zero attached hydrogens (tertiary/aromatic N) is 2. The van der Waals surface area contributed by atoms with Gasteiger partial charge < -0.3 is 9.47 Å². The predicted octanol–water partition coefficient (Wildman–Crippen LogP) is 3.78. The second-order valence-corrected chi connectivity index (χ2v) is 5.44. The fraction of sp³-hybridized carbons (Fsp3) is 0.308. The van der Waals surface area contributed by atoms with Crippen molar-refractivity contribution in [3.05, 3.63) is 33.3 Å². The Morgan fingerprint density at radius 3 is 2.55 bits per heavy atom. The Hall–Kier alpha value is -1.66. The van der Waals surface area contributed by atoms with Gasteiger partial charge in [-0.1, -0.05) is 16.7 Å². The van der Waals surface area contributed by atoms with E-state index in [1.165, 1.54) is 0 Å². The first-order valence-corrected chi connectivity index (χ1v) is 7.16. The van der Waals surface area contributed by atoms with Crippen LogP contribution >= 0.6 is 22.9 Å². The van der Waals surface area contributed by atoms with Crippen molar-refractivity contribution in [3.63, 3.8) is 0 Å². The summed E-state index contributed by atoms with van der Waals surface area (Å²) in [6.45, 7) is 5.81. The Balaban J connectivity index is 2.21. The van der Waals surface area contributed by atoms with Crippen molar-refractivity contribution in [2.75, 3.05) is 6.61 Å². The third-order valence-electron chi connectivity index (χ3n) is 2.47. The average molecular weight is 313 g/mol. The van der Waals surface area contributed by atoms with Crippen LogP contribution < -0.4 is 4.74 Å². The van der Waals surface area contributed by atoms with Crippen LogP contribution in [0.5, 0.6) is 10.9 Å². The molecule has 5 nitrogen and oxygen atoms in total. The fourth-order valence-corrected chi connectivity index (χ4v) is 2.60. The minimum Gasteiger partial charge on any atom is -0.461 e. The molecule has 1 aromatic carbocycles. The lowest BCUT2D eigenvalue weighted by Gasteiger charge is -2.09. The van der Waals surface area contributed by atoms with Crippen molar-refractivity contribution >= 4 is 28.9 Å². The minimum atomic E-state index is -0.496. The summed E-state index contributed by atoms with van der Waals surface area (Å²) in [5, 5.41) is 8.70. The normalized spacial score (nSPS) is 10.4. The molecule has 1 heterocycles. The smallest absolute Gasteiger partial charge is 0.369 e. The molecule has 0 N–H and O–H groups in total. The first kappa shape index (κ1) is 14.7. The molecular formula is C13H13ClN2O3S. The van der Waals surface area contributed by atoms with E-state index in [1.807, 2.05) is 13.8 Å². The van der Waals surface area contributed by atoms with Crippen LogP contribution in [0.15, 0.2) is 12.1 Å². The SMILES string of the molecule is CCOC(=O)c1nnc(Oc2c(C)cc(Cl)cc2C)s1. The lowest BCUT2D eigenvalue weighted by molar-refractivity contribution is 0.0525. The molecule has 0 fully saturated rings. The van der Waals surface area contributed by atoms with Crippen LogP contribution in [0, 0.1) is 13.8 Å². The summed E-state index contributed by atoms with van der Waals surface area (Å²) in [7, 11) is 0. The molecular weight excluding hydrogens is 300 g/mol. The Kier molecular flexibility index (Phi) is 4.57. The molecule has 0 saturated heterocycles. The van der Waals surface area contributed by atoms with Crippen molar-refractivity contribution < 1.29 is 14.3 Å².